The van der Waals surface area contributed by atoms with Crippen molar-refractivity contribution in [2.24, 2.45) is 11.1 Å². The molecule has 1 aromatic heterocycles. The molecule has 8 nitrogen and oxygen atoms in total. The second-order valence-electron chi connectivity index (χ2n) is 7.48. The first-order chi connectivity index (χ1) is 14.5. The lowest BCUT2D eigenvalue weighted by atomic mass is 10.0. The van der Waals surface area contributed by atoms with E-state index in [1.165, 1.54) is 18.6 Å². The minimum Gasteiger partial charge on any atom is -0.370 e. The number of nitrogens with one attached hydrogen (secondary N) is 1. The molecule has 2 heterocycles. The van der Waals surface area contributed by atoms with Crippen LogP contribution in [-0.4, -0.2) is 63.6 Å². The number of carbonyl (C=O) groups excluding carboxylic acids is 3. The van der Waals surface area contributed by atoms with E-state index in [0.29, 0.717) is 4.90 Å². The number of nitrogens with two attached hydrogens (primary N) is 1. The molecule has 166 valence electrons. The normalized spacial score (nSPS) is 22.8. The van der Waals surface area contributed by atoms with Crippen molar-refractivity contribution < 1.29 is 31.9 Å². The highest BCUT2D eigenvalue weighted by molar-refractivity contribution is 5.93. The molecule has 31 heavy (non-hydrogen) atoms. The Hall–Kier alpha value is -3.23. The largest absolute Gasteiger partial charge is 0.403 e. The molecule has 0 spiro atoms. The molecular weight excluding hydrogens is 422 g/mol. The Morgan fingerprint density at radius 3 is 2.58 bits per heavy atom. The van der Waals surface area contributed by atoms with E-state index in [9.17, 15) is 31.9 Å². The van der Waals surface area contributed by atoms with Crippen molar-refractivity contribution in [3.8, 4) is 11.8 Å². The van der Waals surface area contributed by atoms with E-state index in [4.69, 9.17) is 5.73 Å². The first-order valence-corrected chi connectivity index (χ1v) is 9.41. The second-order valence-corrected chi connectivity index (χ2v) is 7.48. The van der Waals surface area contributed by atoms with Gasteiger partial charge in [-0.25, -0.2) is 9.37 Å². The van der Waals surface area contributed by atoms with Gasteiger partial charge in [0.25, 0.3) is 0 Å². The number of carbonyl (C=O) groups is 3. The van der Waals surface area contributed by atoms with Gasteiger partial charge >= 0.3 is 6.18 Å². The van der Waals surface area contributed by atoms with Crippen LogP contribution in [0.5, 0.6) is 0 Å². The summed E-state index contributed by atoms with van der Waals surface area (Å²) in [5.41, 5.74) is 2.85. The third-order valence-corrected chi connectivity index (χ3v) is 5.18. The molecule has 1 aliphatic carbocycles. The summed E-state index contributed by atoms with van der Waals surface area (Å²) in [6.45, 7) is -0.611. The average Bonchev–Trinajstić information content (AvgIpc) is 3.43. The standard InChI is InChI=1S/C19H19F4N5O3/c20-11-7-14(28(10-11)17(31)18(3-4-18)19(21,22)23)16(30)27-12(8-15(24)29)1-2-13-9-25-5-6-26-13/h5-6,9,11-12,14H,3-4,7-8,10H2,(H2,24,29)(H,27,30)/t11-,12-,14+/m1/s1. The molecular formula is C19H19F4N5O3. The number of aromatic nitrogens is 2. The van der Waals surface area contributed by atoms with Gasteiger partial charge in [-0.15, -0.1) is 0 Å². The Bertz CT molecular complexity index is 924. The Labute approximate surface area is 174 Å². The van der Waals surface area contributed by atoms with Crippen LogP contribution in [0.1, 0.15) is 31.4 Å². The number of nitrogens with zero attached hydrogens (tertiary/aromatic N) is 3. The van der Waals surface area contributed by atoms with Crippen LogP contribution in [0.3, 0.4) is 0 Å². The lowest BCUT2D eigenvalue weighted by Crippen LogP contribution is -2.52. The molecule has 1 saturated heterocycles. The maximum atomic E-state index is 14.0. The number of likely N-dealkylation sites (tertiary alicyclic amines) is 1. The molecule has 1 saturated carbocycles. The van der Waals surface area contributed by atoms with Crippen LogP contribution in [0.4, 0.5) is 17.6 Å². The van der Waals surface area contributed by atoms with Crippen molar-refractivity contribution in [2.45, 2.75) is 50.1 Å². The molecule has 1 aliphatic heterocycles. The molecule has 3 atom stereocenters. The van der Waals surface area contributed by atoms with Crippen LogP contribution in [0.2, 0.25) is 0 Å². The molecule has 0 radical (unpaired) electrons. The van der Waals surface area contributed by atoms with Crippen LogP contribution in [0.25, 0.3) is 0 Å². The molecule has 0 unspecified atom stereocenters. The van der Waals surface area contributed by atoms with Gasteiger partial charge < -0.3 is 16.0 Å². The van der Waals surface area contributed by atoms with Gasteiger partial charge in [0.15, 0.2) is 0 Å². The number of halogens is 4. The zero-order chi connectivity index (χ0) is 22.8. The van der Waals surface area contributed by atoms with Gasteiger partial charge in [0.1, 0.15) is 23.3 Å². The van der Waals surface area contributed by atoms with Crippen LogP contribution in [0.15, 0.2) is 18.6 Å². The third-order valence-electron chi connectivity index (χ3n) is 5.18. The van der Waals surface area contributed by atoms with E-state index >= 15 is 0 Å². The predicted molar refractivity (Wildman–Crippen MR) is 97.4 cm³/mol. The summed E-state index contributed by atoms with van der Waals surface area (Å²) in [5, 5.41) is 2.37. The van der Waals surface area contributed by atoms with E-state index in [1.807, 2.05) is 0 Å². The lowest BCUT2D eigenvalue weighted by molar-refractivity contribution is -0.199. The number of rotatable bonds is 5. The number of primary amides is 1. The van der Waals surface area contributed by atoms with Crippen molar-refractivity contribution in [1.29, 1.82) is 0 Å². The summed E-state index contributed by atoms with van der Waals surface area (Å²) >= 11 is 0. The number of amides is 3. The van der Waals surface area contributed by atoms with Crippen molar-refractivity contribution in [1.82, 2.24) is 20.2 Å². The Morgan fingerprint density at radius 2 is 2.03 bits per heavy atom. The first kappa shape index (κ1) is 22.5. The molecule has 3 N–H and O–H groups in total. The van der Waals surface area contributed by atoms with Crippen molar-refractivity contribution >= 4 is 17.7 Å². The van der Waals surface area contributed by atoms with Crippen LogP contribution >= 0.6 is 0 Å². The molecule has 12 heteroatoms. The Balaban J connectivity index is 1.76. The third kappa shape index (κ3) is 4.92. The monoisotopic (exact) mass is 441 g/mol. The Kier molecular flexibility index (Phi) is 6.15. The molecule has 0 bridgehead atoms. The predicted octanol–water partition coefficient (Wildman–Crippen LogP) is 0.470. The van der Waals surface area contributed by atoms with Crippen molar-refractivity contribution in [3.05, 3.63) is 24.3 Å². The molecule has 2 aliphatic rings. The van der Waals surface area contributed by atoms with Crippen LogP contribution in [0, 0.1) is 17.3 Å². The van der Waals surface area contributed by atoms with E-state index in [0.717, 1.165) is 0 Å². The second kappa shape index (κ2) is 8.49. The highest BCUT2D eigenvalue weighted by Crippen LogP contribution is 2.59. The van der Waals surface area contributed by atoms with Gasteiger partial charge in [0.2, 0.25) is 17.7 Å². The zero-order valence-corrected chi connectivity index (χ0v) is 16.2. The summed E-state index contributed by atoms with van der Waals surface area (Å²) < 4.78 is 53.9. The summed E-state index contributed by atoms with van der Waals surface area (Å²) in [6.07, 6.45) is -3.94. The molecule has 3 rings (SSSR count). The molecule has 3 amide bonds. The highest BCUT2D eigenvalue weighted by atomic mass is 19.4. The number of hydrogen-bond donors (Lipinski definition) is 2. The van der Waals surface area contributed by atoms with Gasteiger partial charge in [-0.05, 0) is 18.8 Å². The maximum Gasteiger partial charge on any atom is 0.403 e. The van der Waals surface area contributed by atoms with Gasteiger partial charge in [-0.3, -0.25) is 19.4 Å². The van der Waals surface area contributed by atoms with E-state index in [1.54, 1.807) is 0 Å². The fourth-order valence-electron chi connectivity index (χ4n) is 3.41. The topological polar surface area (TPSA) is 118 Å². The highest BCUT2D eigenvalue weighted by Gasteiger charge is 2.70. The van der Waals surface area contributed by atoms with Gasteiger partial charge in [-0.1, -0.05) is 5.92 Å². The van der Waals surface area contributed by atoms with E-state index in [-0.39, 0.29) is 5.69 Å². The fourth-order valence-corrected chi connectivity index (χ4v) is 3.41. The van der Waals surface area contributed by atoms with E-state index in [2.05, 4.69) is 27.1 Å². The van der Waals surface area contributed by atoms with Crippen molar-refractivity contribution in [3.63, 3.8) is 0 Å². The smallest absolute Gasteiger partial charge is 0.370 e. The first-order valence-electron chi connectivity index (χ1n) is 9.41. The number of alkyl halides is 4. The summed E-state index contributed by atoms with van der Waals surface area (Å²) in [4.78, 5) is 44.9. The summed E-state index contributed by atoms with van der Waals surface area (Å²) in [6, 6.07) is -2.56. The molecule has 1 aromatic rings. The quantitative estimate of drug-likeness (QED) is 0.509. The molecule has 2 fully saturated rings. The van der Waals surface area contributed by atoms with Crippen LogP contribution < -0.4 is 11.1 Å². The molecule has 0 aromatic carbocycles. The summed E-state index contributed by atoms with van der Waals surface area (Å²) in [5.74, 6) is 2.16. The van der Waals surface area contributed by atoms with Gasteiger partial charge in [-0.2, -0.15) is 13.2 Å². The maximum absolute atomic E-state index is 14.0. The van der Waals surface area contributed by atoms with Crippen LogP contribution in [-0.2, 0) is 14.4 Å². The lowest BCUT2D eigenvalue weighted by Gasteiger charge is -2.29. The SMILES string of the molecule is NC(=O)C[C@@H](C#Cc1cnccn1)NC(=O)[C@@H]1C[C@@H](F)CN1C(=O)C1(C(F)(F)F)CC1. The average molecular weight is 441 g/mol. The fraction of sp³-hybridized carbons (Fsp3) is 0.526. The van der Waals surface area contributed by atoms with Gasteiger partial charge in [0.05, 0.1) is 25.2 Å². The van der Waals surface area contributed by atoms with E-state index < -0.39 is 79.8 Å². The zero-order valence-electron chi connectivity index (χ0n) is 16.2. The van der Waals surface area contributed by atoms with Crippen molar-refractivity contribution in [2.75, 3.05) is 6.54 Å². The number of hydrogen-bond acceptors (Lipinski definition) is 5. The van der Waals surface area contributed by atoms with Gasteiger partial charge in [0, 0.05) is 18.8 Å². The minimum atomic E-state index is -4.78. The Morgan fingerprint density at radius 1 is 1.32 bits per heavy atom. The minimum absolute atomic E-state index is 0.244. The summed E-state index contributed by atoms with van der Waals surface area (Å²) in [7, 11) is 0.